The molecule has 0 aliphatic rings. The van der Waals surface area contributed by atoms with Gasteiger partial charge in [-0.3, -0.25) is 9.59 Å². The van der Waals surface area contributed by atoms with Gasteiger partial charge in [-0.1, -0.05) is 0 Å². The van der Waals surface area contributed by atoms with Crippen LogP contribution in [0.3, 0.4) is 0 Å². The number of alkyl halides is 3. The third-order valence-corrected chi connectivity index (χ3v) is 1.86. The van der Waals surface area contributed by atoms with Crippen molar-refractivity contribution in [1.29, 1.82) is 0 Å². The Kier molecular flexibility index (Phi) is 3.84. The predicted octanol–water partition coefficient (Wildman–Crippen LogP) is 0.909. The number of methoxy groups -OCH3 is 1. The normalized spacial score (nSPS) is 11.1. The molecule has 0 amide bonds. The van der Waals surface area contributed by atoms with Crippen LogP contribution in [0.1, 0.15) is 5.56 Å². The molecule has 1 aromatic heterocycles. The van der Waals surface area contributed by atoms with Crippen LogP contribution in [0.4, 0.5) is 13.2 Å². The highest BCUT2D eigenvalue weighted by atomic mass is 19.4. The van der Waals surface area contributed by atoms with E-state index in [0.717, 1.165) is 7.11 Å². The lowest BCUT2D eigenvalue weighted by Gasteiger charge is -2.14. The first-order valence-electron chi connectivity index (χ1n) is 4.50. The molecule has 1 aromatic rings. The lowest BCUT2D eigenvalue weighted by molar-refractivity contribution is -0.275. The molecule has 0 atom stereocenters. The molecule has 100 valence electrons. The average molecular weight is 267 g/mol. The van der Waals surface area contributed by atoms with Gasteiger partial charge in [0, 0.05) is 0 Å². The third-order valence-electron chi connectivity index (χ3n) is 1.86. The molecule has 0 saturated heterocycles. The Bertz CT molecular complexity index is 508. The summed E-state index contributed by atoms with van der Waals surface area (Å²) in [6.07, 6.45) is -5.11. The zero-order valence-electron chi connectivity index (χ0n) is 9.00. The van der Waals surface area contributed by atoms with Crippen LogP contribution in [0.15, 0.2) is 11.0 Å². The minimum atomic E-state index is -4.98. The molecule has 0 aliphatic carbocycles. The van der Waals surface area contributed by atoms with E-state index in [4.69, 9.17) is 5.11 Å². The van der Waals surface area contributed by atoms with Crippen LogP contribution >= 0.6 is 0 Å². The van der Waals surface area contributed by atoms with Crippen LogP contribution in [0.2, 0.25) is 0 Å². The van der Waals surface area contributed by atoms with Crippen LogP contribution in [0, 0.1) is 0 Å². The minimum absolute atomic E-state index is 0.452. The maximum absolute atomic E-state index is 12.1. The van der Waals surface area contributed by atoms with Crippen molar-refractivity contribution < 1.29 is 32.5 Å². The minimum Gasteiger partial charge on any atom is -0.492 e. The van der Waals surface area contributed by atoms with Gasteiger partial charge in [0.25, 0.3) is 5.56 Å². The Balaban J connectivity index is 3.29. The Hall–Kier alpha value is -2.19. The number of nitrogens with one attached hydrogen (secondary N) is 1. The summed E-state index contributed by atoms with van der Waals surface area (Å²) in [4.78, 5) is 23.8. The number of ether oxygens (including phenoxy) is 2. The highest BCUT2D eigenvalue weighted by molar-refractivity contribution is 5.71. The Morgan fingerprint density at radius 2 is 2.11 bits per heavy atom. The van der Waals surface area contributed by atoms with Crippen molar-refractivity contribution in [3.8, 4) is 11.5 Å². The highest BCUT2D eigenvalue weighted by Gasteiger charge is 2.33. The molecule has 0 aliphatic heterocycles. The molecule has 0 bridgehead atoms. The van der Waals surface area contributed by atoms with Crippen molar-refractivity contribution in [3.05, 3.63) is 22.1 Å². The smallest absolute Gasteiger partial charge is 0.492 e. The number of carbonyl (C=O) groups is 1. The zero-order chi connectivity index (χ0) is 13.9. The van der Waals surface area contributed by atoms with Gasteiger partial charge in [0.05, 0.1) is 25.3 Å². The summed E-state index contributed by atoms with van der Waals surface area (Å²) < 4.78 is 44.4. The number of aromatic amines is 1. The molecular formula is C9H8F3NO5. The largest absolute Gasteiger partial charge is 0.573 e. The molecule has 6 nitrogen and oxygen atoms in total. The van der Waals surface area contributed by atoms with E-state index in [9.17, 15) is 22.8 Å². The number of halogens is 3. The van der Waals surface area contributed by atoms with Gasteiger partial charge in [-0.25, -0.2) is 0 Å². The van der Waals surface area contributed by atoms with Gasteiger partial charge in [-0.05, 0) is 0 Å². The van der Waals surface area contributed by atoms with Gasteiger partial charge in [0.15, 0.2) is 11.5 Å². The summed E-state index contributed by atoms with van der Waals surface area (Å²) in [6.45, 7) is 0. The van der Waals surface area contributed by atoms with Crippen molar-refractivity contribution in [1.82, 2.24) is 4.98 Å². The lowest BCUT2D eigenvalue weighted by Crippen LogP contribution is -2.22. The Morgan fingerprint density at radius 3 is 2.56 bits per heavy atom. The first-order chi connectivity index (χ1) is 8.24. The molecule has 1 heterocycles. The zero-order valence-corrected chi connectivity index (χ0v) is 9.00. The van der Waals surface area contributed by atoms with Gasteiger partial charge >= 0.3 is 12.3 Å². The summed E-state index contributed by atoms with van der Waals surface area (Å²) in [5.74, 6) is -2.75. The van der Waals surface area contributed by atoms with E-state index in [1.165, 1.54) is 0 Å². The maximum Gasteiger partial charge on any atom is 0.573 e. The van der Waals surface area contributed by atoms with Gasteiger partial charge < -0.3 is 19.6 Å². The van der Waals surface area contributed by atoms with Crippen molar-refractivity contribution in [2.45, 2.75) is 12.8 Å². The molecule has 9 heteroatoms. The second-order valence-corrected chi connectivity index (χ2v) is 3.11. The number of pyridine rings is 1. The molecule has 0 fully saturated rings. The molecular weight excluding hydrogens is 259 g/mol. The molecule has 0 saturated carbocycles. The first-order valence-corrected chi connectivity index (χ1v) is 4.50. The second-order valence-electron chi connectivity index (χ2n) is 3.11. The lowest BCUT2D eigenvalue weighted by atomic mass is 10.2. The number of hydrogen-bond acceptors (Lipinski definition) is 4. The molecule has 1 rings (SSSR count). The molecule has 0 spiro atoms. The molecule has 0 aromatic carbocycles. The van der Waals surface area contributed by atoms with E-state index < -0.39 is 41.4 Å². The van der Waals surface area contributed by atoms with Gasteiger partial charge in [0.1, 0.15) is 0 Å². The number of carboxylic acid groups (broad SMARTS) is 1. The van der Waals surface area contributed by atoms with E-state index in [1.54, 1.807) is 0 Å². The summed E-state index contributed by atoms with van der Waals surface area (Å²) in [5.41, 5.74) is -1.31. The summed E-state index contributed by atoms with van der Waals surface area (Å²) in [7, 11) is 1.00. The van der Waals surface area contributed by atoms with E-state index in [-0.39, 0.29) is 0 Å². The standard InChI is InChI=1S/C9H8F3NO5/c1-17-7-4(2-6(14)15)8(16)13-3-5(7)18-9(10,11)12/h3H,2H2,1H3,(H,13,16)(H,14,15). The van der Waals surface area contributed by atoms with Gasteiger partial charge in [-0.15, -0.1) is 13.2 Å². The number of aliphatic carboxylic acids is 1. The van der Waals surface area contributed by atoms with E-state index in [0.29, 0.717) is 6.20 Å². The van der Waals surface area contributed by atoms with Crippen LogP contribution in [-0.2, 0) is 11.2 Å². The van der Waals surface area contributed by atoms with Crippen molar-refractivity contribution in [2.24, 2.45) is 0 Å². The van der Waals surface area contributed by atoms with Crippen molar-refractivity contribution in [3.63, 3.8) is 0 Å². The fraction of sp³-hybridized carbons (Fsp3) is 0.333. The monoisotopic (exact) mass is 267 g/mol. The number of aromatic nitrogens is 1. The SMILES string of the molecule is COc1c(OC(F)(F)F)c[nH]c(=O)c1CC(=O)O. The topological polar surface area (TPSA) is 88.6 Å². The van der Waals surface area contributed by atoms with Crippen LogP contribution in [0.25, 0.3) is 0 Å². The first kappa shape index (κ1) is 13.9. The number of carboxylic acids is 1. The van der Waals surface area contributed by atoms with E-state index in [1.807, 2.05) is 4.98 Å². The second kappa shape index (κ2) is 4.98. The van der Waals surface area contributed by atoms with Crippen LogP contribution < -0.4 is 15.0 Å². The molecule has 18 heavy (non-hydrogen) atoms. The molecule has 2 N–H and O–H groups in total. The fourth-order valence-electron chi connectivity index (χ4n) is 1.27. The van der Waals surface area contributed by atoms with Gasteiger partial charge in [0.2, 0.25) is 0 Å². The van der Waals surface area contributed by atoms with E-state index in [2.05, 4.69) is 9.47 Å². The predicted molar refractivity (Wildman–Crippen MR) is 51.6 cm³/mol. The number of rotatable bonds is 4. The summed E-state index contributed by atoms with van der Waals surface area (Å²) >= 11 is 0. The van der Waals surface area contributed by atoms with Gasteiger partial charge in [-0.2, -0.15) is 0 Å². The van der Waals surface area contributed by atoms with Crippen LogP contribution in [0.5, 0.6) is 11.5 Å². The quantitative estimate of drug-likeness (QED) is 0.846. The maximum atomic E-state index is 12.1. The molecule has 0 unspecified atom stereocenters. The van der Waals surface area contributed by atoms with Crippen molar-refractivity contribution in [2.75, 3.05) is 7.11 Å². The van der Waals surface area contributed by atoms with E-state index >= 15 is 0 Å². The Morgan fingerprint density at radius 1 is 1.50 bits per heavy atom. The highest BCUT2D eigenvalue weighted by Crippen LogP contribution is 2.32. The summed E-state index contributed by atoms with van der Waals surface area (Å²) in [5, 5.41) is 8.56. The summed E-state index contributed by atoms with van der Waals surface area (Å²) in [6, 6.07) is 0. The average Bonchev–Trinajstić information content (AvgIpc) is 2.20. The van der Waals surface area contributed by atoms with Crippen molar-refractivity contribution >= 4 is 5.97 Å². The fourth-order valence-corrected chi connectivity index (χ4v) is 1.27. The number of hydrogen-bond donors (Lipinski definition) is 2. The number of H-pyrrole nitrogens is 1. The Labute approximate surface area is 98.0 Å². The van der Waals surface area contributed by atoms with Crippen LogP contribution in [-0.4, -0.2) is 29.5 Å². The molecule has 0 radical (unpaired) electrons. The third kappa shape index (κ3) is 3.40.